The summed E-state index contributed by atoms with van der Waals surface area (Å²) in [6, 6.07) is 4.03. The molecule has 22 heavy (non-hydrogen) atoms. The van der Waals surface area contributed by atoms with E-state index in [2.05, 4.69) is 4.40 Å². The molecule has 1 saturated heterocycles. The lowest BCUT2D eigenvalue weighted by Crippen LogP contribution is -2.38. The molecule has 1 fully saturated rings. The van der Waals surface area contributed by atoms with Gasteiger partial charge in [-0.1, -0.05) is 0 Å². The number of sulfonamides is 1. The van der Waals surface area contributed by atoms with Gasteiger partial charge in [0.1, 0.15) is 0 Å². The summed E-state index contributed by atoms with van der Waals surface area (Å²) in [4.78, 5) is 6.79. The topological polar surface area (TPSA) is 57.9 Å². The average Bonchev–Trinajstić information content (AvgIpc) is 2.93. The smallest absolute Gasteiger partial charge is 0.211 e. The van der Waals surface area contributed by atoms with Gasteiger partial charge in [0, 0.05) is 45.5 Å². The first-order valence-corrected chi connectivity index (χ1v) is 9.31. The maximum atomic E-state index is 11.8. The van der Waals surface area contributed by atoms with Crippen LogP contribution in [0, 0.1) is 0 Å². The van der Waals surface area contributed by atoms with E-state index in [9.17, 15) is 8.42 Å². The Morgan fingerprint density at radius 2 is 2.14 bits per heavy atom. The van der Waals surface area contributed by atoms with Crippen LogP contribution >= 0.6 is 0 Å². The summed E-state index contributed by atoms with van der Waals surface area (Å²) in [5.74, 6) is 1.06. The fraction of sp³-hybridized carbons (Fsp3) is 0.533. The van der Waals surface area contributed by atoms with Gasteiger partial charge in [-0.25, -0.2) is 17.7 Å². The number of piperidine rings is 1. The number of hydrogen-bond acceptors (Lipinski definition) is 4. The Labute approximate surface area is 131 Å². The second-order valence-corrected chi connectivity index (χ2v) is 8.13. The average molecular weight is 322 g/mol. The van der Waals surface area contributed by atoms with E-state index in [0.717, 1.165) is 29.9 Å². The molecular formula is C15H22N4O2S. The molecule has 0 N–H and O–H groups in total. The van der Waals surface area contributed by atoms with Crippen molar-refractivity contribution >= 4 is 21.4 Å². The van der Waals surface area contributed by atoms with Crippen LogP contribution in [0.25, 0.3) is 5.52 Å². The largest absolute Gasteiger partial charge is 0.361 e. The molecule has 0 bridgehead atoms. The van der Waals surface area contributed by atoms with Crippen molar-refractivity contribution in [2.24, 2.45) is 0 Å². The van der Waals surface area contributed by atoms with Crippen LogP contribution in [0.2, 0.25) is 0 Å². The Morgan fingerprint density at radius 3 is 2.82 bits per heavy atom. The normalized spacial score (nSPS) is 20.4. The summed E-state index contributed by atoms with van der Waals surface area (Å²) in [6.07, 6.45) is 7.16. The standard InChI is InChI=1S/C15H22N4O2S/c1-17(2)15-14-7-5-8-18(14)11-13(16-15)12-6-4-9-19(10-12)22(3,20)21/h5,7-8,11-12H,4,6,9-10H2,1-3H3/t12-/m0/s1. The lowest BCUT2D eigenvalue weighted by atomic mass is 9.96. The third kappa shape index (κ3) is 2.83. The summed E-state index contributed by atoms with van der Waals surface area (Å²) in [5, 5.41) is 0. The Bertz CT molecular complexity index is 782. The summed E-state index contributed by atoms with van der Waals surface area (Å²) in [5.41, 5.74) is 2.02. The molecule has 2 aromatic heterocycles. The zero-order valence-electron chi connectivity index (χ0n) is 13.2. The van der Waals surface area contributed by atoms with Crippen LogP contribution in [0.1, 0.15) is 24.5 Å². The van der Waals surface area contributed by atoms with Gasteiger partial charge in [-0.05, 0) is 25.0 Å². The first-order chi connectivity index (χ1) is 10.4. The molecule has 0 amide bonds. The Balaban J connectivity index is 1.99. The second-order valence-electron chi connectivity index (χ2n) is 6.14. The monoisotopic (exact) mass is 322 g/mol. The first kappa shape index (κ1) is 15.3. The number of fused-ring (bicyclic) bond motifs is 1. The number of nitrogens with zero attached hydrogens (tertiary/aromatic N) is 4. The van der Waals surface area contributed by atoms with Crippen LogP contribution in [0.3, 0.4) is 0 Å². The molecule has 1 aliphatic heterocycles. The van der Waals surface area contributed by atoms with Crippen molar-refractivity contribution in [2.45, 2.75) is 18.8 Å². The number of anilines is 1. The molecule has 120 valence electrons. The lowest BCUT2D eigenvalue weighted by Gasteiger charge is -2.31. The number of rotatable bonds is 3. The van der Waals surface area contributed by atoms with Crippen LogP contribution < -0.4 is 4.90 Å². The second kappa shape index (κ2) is 5.55. The van der Waals surface area contributed by atoms with E-state index in [1.165, 1.54) is 6.26 Å². The SMILES string of the molecule is CN(C)c1nc([C@H]2CCCN(S(C)(=O)=O)C2)cn2cccc12. The molecular weight excluding hydrogens is 300 g/mol. The van der Waals surface area contributed by atoms with Gasteiger partial charge in [-0.2, -0.15) is 0 Å². The van der Waals surface area contributed by atoms with Gasteiger partial charge in [0.2, 0.25) is 10.0 Å². The van der Waals surface area contributed by atoms with Crippen molar-refractivity contribution in [1.82, 2.24) is 13.7 Å². The maximum absolute atomic E-state index is 11.8. The van der Waals surface area contributed by atoms with Crippen molar-refractivity contribution in [1.29, 1.82) is 0 Å². The fourth-order valence-electron chi connectivity index (χ4n) is 3.06. The predicted molar refractivity (Wildman–Crippen MR) is 87.9 cm³/mol. The maximum Gasteiger partial charge on any atom is 0.211 e. The molecule has 0 aromatic carbocycles. The van der Waals surface area contributed by atoms with Crippen molar-refractivity contribution < 1.29 is 8.42 Å². The molecule has 0 saturated carbocycles. The molecule has 0 spiro atoms. The number of hydrogen-bond donors (Lipinski definition) is 0. The minimum absolute atomic E-state index is 0.147. The van der Waals surface area contributed by atoms with E-state index in [-0.39, 0.29) is 5.92 Å². The summed E-state index contributed by atoms with van der Waals surface area (Å²) >= 11 is 0. The summed E-state index contributed by atoms with van der Waals surface area (Å²) < 4.78 is 27.2. The molecule has 1 atom stereocenters. The van der Waals surface area contributed by atoms with Crippen molar-refractivity contribution in [3.63, 3.8) is 0 Å². The quantitative estimate of drug-likeness (QED) is 0.860. The Hall–Kier alpha value is -1.60. The van der Waals surface area contributed by atoms with E-state index in [1.54, 1.807) is 4.31 Å². The minimum atomic E-state index is -3.14. The van der Waals surface area contributed by atoms with Crippen LogP contribution in [0.5, 0.6) is 0 Å². The molecule has 3 rings (SSSR count). The third-order valence-corrected chi connectivity index (χ3v) is 5.48. The van der Waals surface area contributed by atoms with Crippen molar-refractivity contribution in [3.05, 3.63) is 30.2 Å². The highest BCUT2D eigenvalue weighted by Crippen LogP contribution is 2.29. The van der Waals surface area contributed by atoms with E-state index in [0.29, 0.717) is 13.1 Å². The molecule has 2 aromatic rings. The van der Waals surface area contributed by atoms with E-state index >= 15 is 0 Å². The van der Waals surface area contributed by atoms with Gasteiger partial charge < -0.3 is 9.30 Å². The van der Waals surface area contributed by atoms with Crippen LogP contribution in [0.4, 0.5) is 5.82 Å². The molecule has 7 heteroatoms. The first-order valence-electron chi connectivity index (χ1n) is 7.46. The molecule has 3 heterocycles. The Kier molecular flexibility index (Phi) is 3.86. The zero-order valence-corrected chi connectivity index (χ0v) is 14.0. The molecule has 6 nitrogen and oxygen atoms in total. The fourth-order valence-corrected chi connectivity index (χ4v) is 3.97. The highest BCUT2D eigenvalue weighted by atomic mass is 32.2. The highest BCUT2D eigenvalue weighted by molar-refractivity contribution is 7.88. The Morgan fingerprint density at radius 1 is 1.36 bits per heavy atom. The van der Waals surface area contributed by atoms with Gasteiger partial charge >= 0.3 is 0 Å². The van der Waals surface area contributed by atoms with Gasteiger partial charge in [0.05, 0.1) is 17.5 Å². The van der Waals surface area contributed by atoms with Crippen molar-refractivity contribution in [2.75, 3.05) is 38.3 Å². The molecule has 1 aliphatic rings. The zero-order chi connectivity index (χ0) is 15.9. The van der Waals surface area contributed by atoms with Gasteiger partial charge in [-0.15, -0.1) is 0 Å². The van der Waals surface area contributed by atoms with E-state index < -0.39 is 10.0 Å². The van der Waals surface area contributed by atoms with Crippen LogP contribution in [0.15, 0.2) is 24.5 Å². The van der Waals surface area contributed by atoms with Gasteiger partial charge in [0.25, 0.3) is 0 Å². The summed E-state index contributed by atoms with van der Waals surface area (Å²) in [7, 11) is 0.813. The third-order valence-electron chi connectivity index (χ3n) is 4.21. The van der Waals surface area contributed by atoms with Crippen LogP contribution in [-0.2, 0) is 10.0 Å². The number of aromatic nitrogens is 2. The minimum Gasteiger partial charge on any atom is -0.361 e. The van der Waals surface area contributed by atoms with Gasteiger partial charge in [-0.3, -0.25) is 0 Å². The predicted octanol–water partition coefficient (Wildman–Crippen LogP) is 1.54. The van der Waals surface area contributed by atoms with Gasteiger partial charge in [0.15, 0.2) is 5.82 Å². The van der Waals surface area contributed by atoms with E-state index in [1.807, 2.05) is 43.5 Å². The highest BCUT2D eigenvalue weighted by Gasteiger charge is 2.28. The van der Waals surface area contributed by atoms with Crippen LogP contribution in [-0.4, -0.2) is 55.5 Å². The molecule has 0 unspecified atom stereocenters. The van der Waals surface area contributed by atoms with E-state index in [4.69, 9.17) is 4.98 Å². The molecule has 0 radical (unpaired) electrons. The van der Waals surface area contributed by atoms with Crippen molar-refractivity contribution in [3.8, 4) is 0 Å². The lowest BCUT2D eigenvalue weighted by molar-refractivity contribution is 0.314. The molecule has 0 aliphatic carbocycles. The summed E-state index contributed by atoms with van der Waals surface area (Å²) in [6.45, 7) is 1.13.